The van der Waals surface area contributed by atoms with Crippen LogP contribution in [0.15, 0.2) is 9.30 Å². The van der Waals surface area contributed by atoms with Gasteiger partial charge in [-0.2, -0.15) is 0 Å². The number of halogens is 1. The van der Waals surface area contributed by atoms with Crippen LogP contribution in [0.5, 0.6) is 0 Å². The Morgan fingerprint density at radius 2 is 2.36 bits per heavy atom. The number of rotatable bonds is 1. The third-order valence-electron chi connectivity index (χ3n) is 1.10. The van der Waals surface area contributed by atoms with E-state index in [9.17, 15) is 4.79 Å². The Labute approximate surface area is 77.2 Å². The molecule has 0 unspecified atom stereocenters. The van der Waals surface area contributed by atoms with Gasteiger partial charge in [-0.15, -0.1) is 11.3 Å². The quantitative estimate of drug-likeness (QED) is 0.740. The van der Waals surface area contributed by atoms with Crippen LogP contribution in [0.25, 0.3) is 0 Å². The van der Waals surface area contributed by atoms with Crippen molar-refractivity contribution in [3.63, 3.8) is 0 Å². The Morgan fingerprint density at radius 1 is 1.73 bits per heavy atom. The first kappa shape index (κ1) is 8.67. The zero-order valence-electron chi connectivity index (χ0n) is 6.17. The number of aromatic nitrogens is 1. The molecule has 0 saturated heterocycles. The molecule has 1 rings (SSSR count). The van der Waals surface area contributed by atoms with Gasteiger partial charge < -0.3 is 4.90 Å². The first-order valence-corrected chi connectivity index (χ1v) is 4.61. The first-order chi connectivity index (χ1) is 5.11. The van der Waals surface area contributed by atoms with Gasteiger partial charge in [0.25, 0.3) is 5.91 Å². The van der Waals surface area contributed by atoms with E-state index in [4.69, 9.17) is 0 Å². The van der Waals surface area contributed by atoms with Crippen LogP contribution in [-0.4, -0.2) is 29.9 Å². The highest BCUT2D eigenvalue weighted by Crippen LogP contribution is 2.16. The van der Waals surface area contributed by atoms with E-state index in [1.807, 2.05) is 0 Å². The average molecular weight is 235 g/mol. The fraction of sp³-hybridized carbons (Fsp3) is 0.333. The molecule has 60 valence electrons. The van der Waals surface area contributed by atoms with Crippen LogP contribution in [0.1, 0.15) is 10.5 Å². The standard InChI is InChI=1S/C6H7BrN2OS/c1-9(2)5(10)4-3-11-6(7)8-4/h3H,1-2H3. The molecule has 0 saturated carbocycles. The number of carbonyl (C=O) groups excluding carboxylic acids is 1. The lowest BCUT2D eigenvalue weighted by atomic mass is 10.4. The molecular weight excluding hydrogens is 228 g/mol. The van der Waals surface area contributed by atoms with E-state index in [2.05, 4.69) is 20.9 Å². The van der Waals surface area contributed by atoms with E-state index in [1.165, 1.54) is 16.2 Å². The maximum Gasteiger partial charge on any atom is 0.272 e. The van der Waals surface area contributed by atoms with Crippen LogP contribution in [0, 0.1) is 0 Å². The minimum atomic E-state index is -0.0630. The molecule has 5 heteroatoms. The number of amides is 1. The van der Waals surface area contributed by atoms with Crippen LogP contribution < -0.4 is 0 Å². The van der Waals surface area contributed by atoms with Gasteiger partial charge >= 0.3 is 0 Å². The van der Waals surface area contributed by atoms with Gasteiger partial charge in [0, 0.05) is 19.5 Å². The summed E-state index contributed by atoms with van der Waals surface area (Å²) in [5.74, 6) is -0.0630. The Morgan fingerprint density at radius 3 is 2.73 bits per heavy atom. The zero-order valence-corrected chi connectivity index (χ0v) is 8.57. The molecule has 1 heterocycles. The molecule has 0 spiro atoms. The Hall–Kier alpha value is -0.420. The van der Waals surface area contributed by atoms with E-state index >= 15 is 0 Å². The minimum Gasteiger partial charge on any atom is -0.343 e. The smallest absolute Gasteiger partial charge is 0.272 e. The maximum absolute atomic E-state index is 11.2. The van der Waals surface area contributed by atoms with E-state index in [0.29, 0.717) is 5.69 Å². The van der Waals surface area contributed by atoms with Gasteiger partial charge in [-0.3, -0.25) is 4.79 Å². The highest BCUT2D eigenvalue weighted by Gasteiger charge is 2.10. The molecule has 0 radical (unpaired) electrons. The molecule has 1 aromatic heterocycles. The fourth-order valence-electron chi connectivity index (χ4n) is 0.579. The van der Waals surface area contributed by atoms with Crippen molar-refractivity contribution < 1.29 is 4.79 Å². The lowest BCUT2D eigenvalue weighted by molar-refractivity contribution is 0.0822. The van der Waals surface area contributed by atoms with Crippen molar-refractivity contribution in [3.05, 3.63) is 15.0 Å². The molecule has 1 aromatic rings. The molecule has 0 N–H and O–H groups in total. The molecule has 1 amide bonds. The highest BCUT2D eigenvalue weighted by molar-refractivity contribution is 9.11. The van der Waals surface area contributed by atoms with E-state index < -0.39 is 0 Å². The Kier molecular flexibility index (Phi) is 2.62. The maximum atomic E-state index is 11.2. The number of nitrogens with zero attached hydrogens (tertiary/aromatic N) is 2. The Balaban J connectivity index is 2.85. The van der Waals surface area contributed by atoms with Crippen molar-refractivity contribution in [2.45, 2.75) is 0 Å². The van der Waals surface area contributed by atoms with E-state index in [0.717, 1.165) is 3.92 Å². The van der Waals surface area contributed by atoms with Crippen LogP contribution in [0.4, 0.5) is 0 Å². The second kappa shape index (κ2) is 3.32. The summed E-state index contributed by atoms with van der Waals surface area (Å²) in [6.07, 6.45) is 0. The summed E-state index contributed by atoms with van der Waals surface area (Å²) in [6, 6.07) is 0. The summed E-state index contributed by atoms with van der Waals surface area (Å²) in [6.45, 7) is 0. The third kappa shape index (κ3) is 2.00. The second-order valence-corrected chi connectivity index (χ2v) is 4.32. The highest BCUT2D eigenvalue weighted by atomic mass is 79.9. The fourth-order valence-corrected chi connectivity index (χ4v) is 1.56. The summed E-state index contributed by atoms with van der Waals surface area (Å²) in [5.41, 5.74) is 0.492. The summed E-state index contributed by atoms with van der Waals surface area (Å²) < 4.78 is 0.739. The largest absolute Gasteiger partial charge is 0.343 e. The lowest BCUT2D eigenvalue weighted by Crippen LogP contribution is -2.21. The topological polar surface area (TPSA) is 33.2 Å². The molecule has 0 aromatic carbocycles. The monoisotopic (exact) mass is 234 g/mol. The van der Waals surface area contributed by atoms with E-state index in [1.54, 1.807) is 19.5 Å². The van der Waals surface area contributed by atoms with Crippen molar-refractivity contribution >= 4 is 33.2 Å². The van der Waals surface area contributed by atoms with Crippen LogP contribution in [0.2, 0.25) is 0 Å². The van der Waals surface area contributed by atoms with Gasteiger partial charge in [0.05, 0.1) is 0 Å². The van der Waals surface area contributed by atoms with Crippen molar-refractivity contribution in [3.8, 4) is 0 Å². The van der Waals surface area contributed by atoms with Crippen LogP contribution in [-0.2, 0) is 0 Å². The lowest BCUT2D eigenvalue weighted by Gasteiger charge is -2.06. The van der Waals surface area contributed by atoms with Crippen LogP contribution in [0.3, 0.4) is 0 Å². The van der Waals surface area contributed by atoms with Gasteiger partial charge in [0.1, 0.15) is 5.69 Å². The summed E-state index contributed by atoms with van der Waals surface area (Å²) in [5, 5.41) is 1.73. The molecule has 0 aliphatic rings. The van der Waals surface area contributed by atoms with E-state index in [-0.39, 0.29) is 5.91 Å². The molecule has 0 atom stereocenters. The predicted molar refractivity (Wildman–Crippen MR) is 47.8 cm³/mol. The van der Waals surface area contributed by atoms with Gasteiger partial charge in [-0.25, -0.2) is 4.98 Å². The number of hydrogen-bond donors (Lipinski definition) is 0. The predicted octanol–water partition coefficient (Wildman–Crippen LogP) is 1.61. The van der Waals surface area contributed by atoms with Crippen molar-refractivity contribution in [2.24, 2.45) is 0 Å². The summed E-state index contributed by atoms with van der Waals surface area (Å²) in [7, 11) is 3.41. The molecule has 3 nitrogen and oxygen atoms in total. The molecule has 0 bridgehead atoms. The average Bonchev–Trinajstić information content (AvgIpc) is 2.34. The zero-order chi connectivity index (χ0) is 8.43. The summed E-state index contributed by atoms with van der Waals surface area (Å²) >= 11 is 4.59. The SMILES string of the molecule is CN(C)C(=O)c1csc(Br)n1. The number of thiazole rings is 1. The van der Waals surface area contributed by atoms with Gasteiger partial charge in [-0.05, 0) is 15.9 Å². The Bertz CT molecular complexity index is 271. The third-order valence-corrected chi connectivity index (χ3v) is 2.47. The molecule has 11 heavy (non-hydrogen) atoms. The van der Waals surface area contributed by atoms with Crippen molar-refractivity contribution in [1.82, 2.24) is 9.88 Å². The van der Waals surface area contributed by atoms with Gasteiger partial charge in [0.15, 0.2) is 3.92 Å². The van der Waals surface area contributed by atoms with Crippen LogP contribution >= 0.6 is 27.3 Å². The molecule has 0 aliphatic carbocycles. The van der Waals surface area contributed by atoms with Crippen molar-refractivity contribution in [2.75, 3.05) is 14.1 Å². The van der Waals surface area contributed by atoms with Crippen molar-refractivity contribution in [1.29, 1.82) is 0 Å². The molecule has 0 aliphatic heterocycles. The summed E-state index contributed by atoms with van der Waals surface area (Å²) in [4.78, 5) is 16.7. The second-order valence-electron chi connectivity index (χ2n) is 2.19. The molecular formula is C6H7BrN2OS. The normalized spacial score (nSPS) is 9.73. The van der Waals surface area contributed by atoms with Gasteiger partial charge in [-0.1, -0.05) is 0 Å². The minimum absolute atomic E-state index is 0.0630. The number of carbonyl (C=O) groups is 1. The van der Waals surface area contributed by atoms with Gasteiger partial charge in [0.2, 0.25) is 0 Å². The molecule has 0 fully saturated rings. The first-order valence-electron chi connectivity index (χ1n) is 2.94. The number of hydrogen-bond acceptors (Lipinski definition) is 3.